The fourth-order valence-corrected chi connectivity index (χ4v) is 4.24. The van der Waals surface area contributed by atoms with Crippen molar-refractivity contribution in [3.8, 4) is 6.07 Å². The number of carboxylic acids is 1. The fourth-order valence-electron chi connectivity index (χ4n) is 4.24. The zero-order valence-electron chi connectivity index (χ0n) is 11.5. The zero-order chi connectivity index (χ0) is 14.2. The van der Waals surface area contributed by atoms with Gasteiger partial charge in [0.05, 0.1) is 6.07 Å². The number of benzene rings is 1. The van der Waals surface area contributed by atoms with Crippen molar-refractivity contribution in [2.24, 2.45) is 23.2 Å². The van der Waals surface area contributed by atoms with Crippen LogP contribution in [0.15, 0.2) is 30.3 Å². The van der Waals surface area contributed by atoms with Gasteiger partial charge in [-0.3, -0.25) is 4.79 Å². The number of rotatable bonds is 4. The summed E-state index contributed by atoms with van der Waals surface area (Å²) in [7, 11) is 0. The highest BCUT2D eigenvalue weighted by molar-refractivity contribution is 5.74. The molecule has 0 heterocycles. The Balaban J connectivity index is 1.92. The molecule has 3 rings (SSSR count). The highest BCUT2D eigenvalue weighted by atomic mass is 16.4. The van der Waals surface area contributed by atoms with Crippen molar-refractivity contribution < 1.29 is 9.90 Å². The van der Waals surface area contributed by atoms with Crippen LogP contribution in [0.4, 0.5) is 0 Å². The lowest BCUT2D eigenvalue weighted by Crippen LogP contribution is -2.35. The topological polar surface area (TPSA) is 61.1 Å². The van der Waals surface area contributed by atoms with Crippen LogP contribution in [0.1, 0.15) is 31.2 Å². The van der Waals surface area contributed by atoms with Gasteiger partial charge in [-0.2, -0.15) is 5.26 Å². The Bertz CT molecular complexity index is 534. The van der Waals surface area contributed by atoms with E-state index in [1.54, 1.807) is 0 Å². The summed E-state index contributed by atoms with van der Waals surface area (Å²) in [4.78, 5) is 11.5. The number of carboxylic acid groups (broad SMARTS) is 1. The molecule has 2 aliphatic carbocycles. The van der Waals surface area contributed by atoms with Crippen LogP contribution in [0.25, 0.3) is 0 Å². The zero-order valence-corrected chi connectivity index (χ0v) is 11.5. The van der Waals surface area contributed by atoms with E-state index < -0.39 is 11.9 Å². The third-order valence-electron chi connectivity index (χ3n) is 5.30. The monoisotopic (exact) mass is 269 g/mol. The van der Waals surface area contributed by atoms with E-state index in [-0.39, 0.29) is 5.41 Å². The summed E-state index contributed by atoms with van der Waals surface area (Å²) in [6.45, 7) is 0. The number of nitriles is 1. The summed E-state index contributed by atoms with van der Waals surface area (Å²) in [6.07, 6.45) is 4.93. The molecule has 0 bridgehead atoms. The largest absolute Gasteiger partial charge is 0.480 e. The van der Waals surface area contributed by atoms with Crippen molar-refractivity contribution in [3.63, 3.8) is 0 Å². The number of nitrogens with zero attached hydrogens (tertiary/aromatic N) is 1. The van der Waals surface area contributed by atoms with Gasteiger partial charge in [0.1, 0.15) is 5.92 Å². The van der Waals surface area contributed by atoms with E-state index in [2.05, 4.69) is 6.07 Å². The summed E-state index contributed by atoms with van der Waals surface area (Å²) in [5, 5.41) is 18.8. The minimum atomic E-state index is -0.954. The van der Waals surface area contributed by atoms with Gasteiger partial charge >= 0.3 is 5.97 Å². The predicted octanol–water partition coefficient (Wildman–Crippen LogP) is 3.26. The lowest BCUT2D eigenvalue weighted by molar-refractivity contribution is -0.143. The summed E-state index contributed by atoms with van der Waals surface area (Å²) in [5.74, 6) is -0.541. The Labute approximate surface area is 119 Å². The minimum Gasteiger partial charge on any atom is -0.480 e. The van der Waals surface area contributed by atoms with Crippen LogP contribution in [0.2, 0.25) is 0 Å². The molecule has 2 fully saturated rings. The first-order valence-electron chi connectivity index (χ1n) is 7.31. The number of fused-ring (bicyclic) bond motifs is 1. The molecular formula is C17H19NO2. The molecule has 0 aliphatic heterocycles. The first-order chi connectivity index (χ1) is 9.64. The van der Waals surface area contributed by atoms with Gasteiger partial charge in [-0.1, -0.05) is 30.3 Å². The Kier molecular flexibility index (Phi) is 3.25. The van der Waals surface area contributed by atoms with Crippen LogP contribution in [-0.2, 0) is 11.2 Å². The van der Waals surface area contributed by atoms with Crippen molar-refractivity contribution in [1.29, 1.82) is 5.26 Å². The van der Waals surface area contributed by atoms with Gasteiger partial charge in [0.2, 0.25) is 0 Å². The van der Waals surface area contributed by atoms with Crippen molar-refractivity contribution in [2.75, 3.05) is 0 Å². The van der Waals surface area contributed by atoms with E-state index in [9.17, 15) is 15.2 Å². The lowest BCUT2D eigenvalue weighted by Gasteiger charge is -2.31. The summed E-state index contributed by atoms with van der Waals surface area (Å²) < 4.78 is 0. The molecule has 104 valence electrons. The average Bonchev–Trinajstić information content (AvgIpc) is 2.65. The molecule has 0 radical (unpaired) electrons. The summed E-state index contributed by atoms with van der Waals surface area (Å²) in [5.41, 5.74) is 0.781. The molecule has 0 saturated heterocycles. The number of aliphatic carboxylic acids is 1. The third-order valence-corrected chi connectivity index (χ3v) is 5.30. The molecule has 2 aliphatic rings. The quantitative estimate of drug-likeness (QED) is 0.912. The molecule has 1 aromatic rings. The van der Waals surface area contributed by atoms with Crippen LogP contribution in [0.3, 0.4) is 0 Å². The average molecular weight is 269 g/mol. The smallest absolute Gasteiger partial charge is 0.321 e. The highest BCUT2D eigenvalue weighted by Gasteiger charge is 2.54. The Morgan fingerprint density at radius 1 is 1.30 bits per heavy atom. The first-order valence-corrected chi connectivity index (χ1v) is 7.31. The van der Waals surface area contributed by atoms with E-state index in [0.29, 0.717) is 18.3 Å². The summed E-state index contributed by atoms with van der Waals surface area (Å²) >= 11 is 0. The Morgan fingerprint density at radius 2 is 1.90 bits per heavy atom. The van der Waals surface area contributed by atoms with Crippen LogP contribution < -0.4 is 0 Å². The van der Waals surface area contributed by atoms with Crippen molar-refractivity contribution in [1.82, 2.24) is 0 Å². The fraction of sp³-hybridized carbons (Fsp3) is 0.529. The Morgan fingerprint density at radius 3 is 2.35 bits per heavy atom. The third kappa shape index (κ3) is 2.10. The van der Waals surface area contributed by atoms with E-state index in [0.717, 1.165) is 18.4 Å². The van der Waals surface area contributed by atoms with Crippen molar-refractivity contribution in [2.45, 2.75) is 32.1 Å². The van der Waals surface area contributed by atoms with Gasteiger partial charge in [0, 0.05) is 5.41 Å². The second kappa shape index (κ2) is 4.94. The van der Waals surface area contributed by atoms with Crippen molar-refractivity contribution in [3.05, 3.63) is 35.9 Å². The number of hydrogen-bond acceptors (Lipinski definition) is 2. The second-order valence-electron chi connectivity index (χ2n) is 6.43. The molecule has 1 unspecified atom stereocenters. The second-order valence-corrected chi connectivity index (χ2v) is 6.43. The number of hydrogen-bond donors (Lipinski definition) is 1. The standard InChI is InChI=1S/C17H19NO2/c18-11-15(16(19)20)17(8-12-4-2-1-3-5-12)9-13-6-7-14(13)10-17/h1-5,13-15H,6-10H2,(H,19,20)/t13-,14+,15-,17?/m1/s1. The molecule has 0 amide bonds. The van der Waals surface area contributed by atoms with E-state index in [4.69, 9.17) is 0 Å². The van der Waals surface area contributed by atoms with Crippen LogP contribution in [-0.4, -0.2) is 11.1 Å². The van der Waals surface area contributed by atoms with Gasteiger partial charge in [0.25, 0.3) is 0 Å². The lowest BCUT2D eigenvalue weighted by atomic mass is 9.70. The first kappa shape index (κ1) is 13.2. The predicted molar refractivity (Wildman–Crippen MR) is 74.8 cm³/mol. The molecule has 3 heteroatoms. The van der Waals surface area contributed by atoms with Crippen molar-refractivity contribution >= 4 is 5.97 Å². The van der Waals surface area contributed by atoms with Crippen LogP contribution >= 0.6 is 0 Å². The SMILES string of the molecule is N#C[C@H](C(=O)O)C1(Cc2ccccc2)C[C@H]2CC[C@H]2C1. The molecule has 1 aromatic carbocycles. The molecule has 0 aromatic heterocycles. The summed E-state index contributed by atoms with van der Waals surface area (Å²) in [6, 6.07) is 12.1. The van der Waals surface area contributed by atoms with Gasteiger partial charge in [-0.05, 0) is 49.5 Å². The van der Waals surface area contributed by atoms with Gasteiger partial charge in [0.15, 0.2) is 0 Å². The maximum absolute atomic E-state index is 11.5. The molecule has 2 saturated carbocycles. The highest BCUT2D eigenvalue weighted by Crippen LogP contribution is 2.59. The van der Waals surface area contributed by atoms with Gasteiger partial charge < -0.3 is 5.11 Å². The number of carbonyl (C=O) groups is 1. The normalized spacial score (nSPS) is 32.8. The van der Waals surface area contributed by atoms with E-state index in [1.807, 2.05) is 30.3 Å². The minimum absolute atomic E-state index is 0.367. The maximum Gasteiger partial charge on any atom is 0.321 e. The molecule has 20 heavy (non-hydrogen) atoms. The maximum atomic E-state index is 11.5. The van der Waals surface area contributed by atoms with Gasteiger partial charge in [-0.25, -0.2) is 0 Å². The molecular weight excluding hydrogens is 250 g/mol. The van der Waals surface area contributed by atoms with E-state index in [1.165, 1.54) is 12.8 Å². The molecule has 1 N–H and O–H groups in total. The van der Waals surface area contributed by atoms with Crippen LogP contribution in [0, 0.1) is 34.5 Å². The molecule has 3 nitrogen and oxygen atoms in total. The Hall–Kier alpha value is -1.82. The molecule has 4 atom stereocenters. The van der Waals surface area contributed by atoms with Gasteiger partial charge in [-0.15, -0.1) is 0 Å². The van der Waals surface area contributed by atoms with E-state index >= 15 is 0 Å². The molecule has 0 spiro atoms. The van der Waals surface area contributed by atoms with Crippen LogP contribution in [0.5, 0.6) is 0 Å².